The monoisotopic (exact) mass is 353 g/mol. The highest BCUT2D eigenvalue weighted by molar-refractivity contribution is 5.86. The van der Waals surface area contributed by atoms with Crippen LogP contribution in [0.2, 0.25) is 0 Å². The Hall–Kier alpha value is -3.21. The van der Waals surface area contributed by atoms with Crippen molar-refractivity contribution in [3.05, 3.63) is 78.4 Å². The lowest BCUT2D eigenvalue weighted by Gasteiger charge is -2.18. The van der Waals surface area contributed by atoms with Gasteiger partial charge >= 0.3 is 6.09 Å². The first-order valence-corrected chi connectivity index (χ1v) is 8.00. The Bertz CT molecular complexity index is 940. The van der Waals surface area contributed by atoms with E-state index in [4.69, 9.17) is 4.74 Å². The second-order valence-electron chi connectivity index (χ2n) is 5.94. The maximum atomic E-state index is 13.7. The predicted octanol–water partition coefficient (Wildman–Crippen LogP) is 5.36. The Morgan fingerprint density at radius 2 is 1.46 bits per heavy atom. The molecule has 0 saturated heterocycles. The minimum absolute atomic E-state index is 0.295. The van der Waals surface area contributed by atoms with E-state index in [2.05, 4.69) is 0 Å². The number of benzene rings is 3. The van der Waals surface area contributed by atoms with Crippen LogP contribution in [-0.2, 0) is 0 Å². The van der Waals surface area contributed by atoms with Crippen LogP contribution in [0, 0.1) is 11.6 Å². The van der Waals surface area contributed by atoms with E-state index in [1.54, 1.807) is 26.2 Å². The maximum Gasteiger partial charge on any atom is 0.414 e. The molecule has 0 aliphatic rings. The van der Waals surface area contributed by atoms with Crippen molar-refractivity contribution in [2.45, 2.75) is 0 Å². The predicted molar refractivity (Wildman–Crippen MR) is 96.9 cm³/mol. The standard InChI is InChI=1S/C21H17F2NO2/c1-24(2)21(25)26-20-16(14-7-4-3-5-8-14)9-6-10-17(20)15-11-12-18(22)19(23)13-15/h3-13H,1-2H3. The summed E-state index contributed by atoms with van der Waals surface area (Å²) in [6.07, 6.45) is -0.558. The van der Waals surface area contributed by atoms with Crippen LogP contribution in [0.15, 0.2) is 66.7 Å². The second-order valence-corrected chi connectivity index (χ2v) is 5.94. The number of ether oxygens (including phenoxy) is 1. The van der Waals surface area contributed by atoms with Crippen molar-refractivity contribution in [2.75, 3.05) is 14.1 Å². The van der Waals surface area contributed by atoms with E-state index in [0.717, 1.165) is 17.7 Å². The SMILES string of the molecule is CN(C)C(=O)Oc1c(-c2ccccc2)cccc1-c1ccc(F)c(F)c1. The molecule has 0 aromatic heterocycles. The molecule has 3 aromatic rings. The third kappa shape index (κ3) is 3.57. The molecular formula is C21H17F2NO2. The number of hydrogen-bond donors (Lipinski definition) is 0. The van der Waals surface area contributed by atoms with Gasteiger partial charge in [-0.3, -0.25) is 0 Å². The van der Waals surface area contributed by atoms with E-state index in [-0.39, 0.29) is 0 Å². The number of amides is 1. The number of carbonyl (C=O) groups is 1. The van der Waals surface area contributed by atoms with Gasteiger partial charge in [-0.05, 0) is 23.3 Å². The Morgan fingerprint density at radius 1 is 0.808 bits per heavy atom. The third-order valence-corrected chi connectivity index (χ3v) is 3.88. The molecule has 5 heteroatoms. The van der Waals surface area contributed by atoms with E-state index in [1.165, 1.54) is 11.0 Å². The van der Waals surface area contributed by atoms with Crippen molar-refractivity contribution in [3.8, 4) is 28.0 Å². The third-order valence-electron chi connectivity index (χ3n) is 3.88. The zero-order chi connectivity index (χ0) is 18.7. The summed E-state index contributed by atoms with van der Waals surface area (Å²) >= 11 is 0. The first kappa shape index (κ1) is 17.6. The Balaban J connectivity index is 2.20. The van der Waals surface area contributed by atoms with Gasteiger partial charge in [0, 0.05) is 25.2 Å². The molecular weight excluding hydrogens is 336 g/mol. The van der Waals surface area contributed by atoms with Crippen molar-refractivity contribution in [2.24, 2.45) is 0 Å². The zero-order valence-electron chi connectivity index (χ0n) is 14.4. The molecule has 0 atom stereocenters. The van der Waals surface area contributed by atoms with Crippen LogP contribution in [0.3, 0.4) is 0 Å². The lowest BCUT2D eigenvalue weighted by molar-refractivity contribution is 0.172. The summed E-state index contributed by atoms with van der Waals surface area (Å²) in [6, 6.07) is 18.3. The molecule has 0 spiro atoms. The average Bonchev–Trinajstić information content (AvgIpc) is 2.65. The highest BCUT2D eigenvalue weighted by Gasteiger charge is 2.18. The smallest absolute Gasteiger partial charge is 0.409 e. The molecule has 0 saturated carbocycles. The van der Waals surface area contributed by atoms with Crippen molar-refractivity contribution < 1.29 is 18.3 Å². The lowest BCUT2D eigenvalue weighted by Crippen LogP contribution is -2.25. The molecule has 0 fully saturated rings. The minimum Gasteiger partial charge on any atom is -0.409 e. The van der Waals surface area contributed by atoms with Crippen LogP contribution in [0.1, 0.15) is 0 Å². The van der Waals surface area contributed by atoms with Gasteiger partial charge in [0.25, 0.3) is 0 Å². The van der Waals surface area contributed by atoms with Gasteiger partial charge in [-0.1, -0.05) is 54.6 Å². The number of hydrogen-bond acceptors (Lipinski definition) is 2. The molecule has 0 aliphatic heterocycles. The summed E-state index contributed by atoms with van der Waals surface area (Å²) in [4.78, 5) is 13.5. The van der Waals surface area contributed by atoms with Gasteiger partial charge in [0.2, 0.25) is 0 Å². The summed E-state index contributed by atoms with van der Waals surface area (Å²) in [5.41, 5.74) is 2.45. The largest absolute Gasteiger partial charge is 0.414 e. The zero-order valence-corrected chi connectivity index (χ0v) is 14.4. The summed E-state index contributed by atoms with van der Waals surface area (Å²) in [6.45, 7) is 0. The van der Waals surface area contributed by atoms with Crippen LogP contribution in [0.5, 0.6) is 5.75 Å². The summed E-state index contributed by atoms with van der Waals surface area (Å²) in [5.74, 6) is -1.60. The average molecular weight is 353 g/mol. The van der Waals surface area contributed by atoms with Gasteiger partial charge in [-0.25, -0.2) is 13.6 Å². The van der Waals surface area contributed by atoms with Gasteiger partial charge in [-0.2, -0.15) is 0 Å². The fourth-order valence-corrected chi connectivity index (χ4v) is 2.56. The topological polar surface area (TPSA) is 29.5 Å². The van der Waals surface area contributed by atoms with Gasteiger partial charge in [0.15, 0.2) is 11.6 Å². The van der Waals surface area contributed by atoms with Crippen molar-refractivity contribution in [1.82, 2.24) is 4.90 Å². The summed E-state index contributed by atoms with van der Waals surface area (Å²) in [5, 5.41) is 0. The Morgan fingerprint density at radius 3 is 2.08 bits per heavy atom. The van der Waals surface area contributed by atoms with Gasteiger partial charge in [0.1, 0.15) is 5.75 Å². The van der Waals surface area contributed by atoms with Crippen molar-refractivity contribution in [1.29, 1.82) is 0 Å². The quantitative estimate of drug-likeness (QED) is 0.634. The van der Waals surface area contributed by atoms with Crippen LogP contribution in [0.4, 0.5) is 13.6 Å². The fraction of sp³-hybridized carbons (Fsp3) is 0.0952. The van der Waals surface area contributed by atoms with Gasteiger partial charge in [-0.15, -0.1) is 0 Å². The van der Waals surface area contributed by atoms with Crippen LogP contribution >= 0.6 is 0 Å². The van der Waals surface area contributed by atoms with Crippen molar-refractivity contribution >= 4 is 6.09 Å². The highest BCUT2D eigenvalue weighted by atomic mass is 19.2. The maximum absolute atomic E-state index is 13.7. The molecule has 3 nitrogen and oxygen atoms in total. The molecule has 0 heterocycles. The van der Waals surface area contributed by atoms with Gasteiger partial charge in [0.05, 0.1) is 0 Å². The van der Waals surface area contributed by atoms with E-state index in [1.807, 2.05) is 36.4 Å². The molecule has 0 aliphatic carbocycles. The van der Waals surface area contributed by atoms with Gasteiger partial charge < -0.3 is 9.64 Å². The number of halogens is 2. The normalized spacial score (nSPS) is 10.5. The fourth-order valence-electron chi connectivity index (χ4n) is 2.56. The summed E-state index contributed by atoms with van der Waals surface area (Å²) < 4.78 is 32.6. The Kier molecular flexibility index (Phi) is 4.98. The molecule has 0 unspecified atom stereocenters. The molecule has 132 valence electrons. The molecule has 3 aromatic carbocycles. The number of rotatable bonds is 3. The number of para-hydroxylation sites is 1. The molecule has 3 rings (SSSR count). The van der Waals surface area contributed by atoms with E-state index in [0.29, 0.717) is 22.4 Å². The molecule has 0 radical (unpaired) electrons. The van der Waals surface area contributed by atoms with Crippen LogP contribution < -0.4 is 4.74 Å². The molecule has 0 bridgehead atoms. The molecule has 26 heavy (non-hydrogen) atoms. The number of carbonyl (C=O) groups excluding carboxylic acids is 1. The first-order valence-electron chi connectivity index (χ1n) is 8.00. The highest BCUT2D eigenvalue weighted by Crippen LogP contribution is 2.39. The molecule has 1 amide bonds. The van der Waals surface area contributed by atoms with Crippen LogP contribution in [-0.4, -0.2) is 25.1 Å². The first-order chi connectivity index (χ1) is 12.5. The lowest BCUT2D eigenvalue weighted by atomic mass is 9.97. The minimum atomic E-state index is -0.961. The number of nitrogens with zero attached hydrogens (tertiary/aromatic N) is 1. The van der Waals surface area contributed by atoms with E-state index < -0.39 is 17.7 Å². The van der Waals surface area contributed by atoms with E-state index >= 15 is 0 Å². The van der Waals surface area contributed by atoms with Crippen molar-refractivity contribution in [3.63, 3.8) is 0 Å². The summed E-state index contributed by atoms with van der Waals surface area (Å²) in [7, 11) is 3.15. The second kappa shape index (κ2) is 7.35. The van der Waals surface area contributed by atoms with Crippen LogP contribution in [0.25, 0.3) is 22.3 Å². The Labute approximate surface area is 150 Å². The molecule has 0 N–H and O–H groups in total. The van der Waals surface area contributed by atoms with E-state index in [9.17, 15) is 13.6 Å².